The monoisotopic (exact) mass is 350 g/mol. The number of carbonyl (C=O) groups excluding carboxylic acids is 2. The molecule has 2 N–H and O–H groups in total. The maximum Gasteiger partial charge on any atom is 0.258 e. The number of ether oxygens (including phenoxy) is 1. The Morgan fingerprint density at radius 1 is 1.17 bits per heavy atom. The summed E-state index contributed by atoms with van der Waals surface area (Å²) in [5.41, 5.74) is 0.657. The van der Waals surface area contributed by atoms with Gasteiger partial charge >= 0.3 is 0 Å². The van der Waals surface area contributed by atoms with E-state index in [0.717, 1.165) is 6.07 Å². The molecule has 0 aliphatic rings. The first-order valence-electron chi connectivity index (χ1n) is 7.19. The topological polar surface area (TPSA) is 67.4 Å². The zero-order chi connectivity index (χ0) is 17.7. The van der Waals surface area contributed by atoms with Crippen molar-refractivity contribution in [2.45, 2.75) is 13.3 Å². The number of hydrogen-bond donors (Lipinski definition) is 2. The van der Waals surface area contributed by atoms with Gasteiger partial charge in [0.1, 0.15) is 11.6 Å². The van der Waals surface area contributed by atoms with Crippen molar-refractivity contribution >= 4 is 34.8 Å². The van der Waals surface area contributed by atoms with Gasteiger partial charge < -0.3 is 15.4 Å². The van der Waals surface area contributed by atoms with Gasteiger partial charge in [-0.2, -0.15) is 0 Å². The number of carbonyl (C=O) groups is 2. The summed E-state index contributed by atoms with van der Waals surface area (Å²) in [6.07, 6.45) is 0.323. The summed E-state index contributed by atoms with van der Waals surface area (Å²) in [5, 5.41) is 5.45. The summed E-state index contributed by atoms with van der Waals surface area (Å²) in [6.45, 7) is 1.73. The quantitative estimate of drug-likeness (QED) is 0.853. The van der Waals surface area contributed by atoms with Crippen LogP contribution in [-0.2, 0) is 4.79 Å². The SMILES string of the molecule is CCC(=O)Nc1ccc(OC)c(NC(=O)c2ccc(Cl)cc2F)c1. The normalized spacial score (nSPS) is 10.2. The second-order valence-corrected chi connectivity index (χ2v) is 5.33. The van der Waals surface area contributed by atoms with Gasteiger partial charge in [0.05, 0.1) is 18.4 Å². The fraction of sp³-hybridized carbons (Fsp3) is 0.176. The van der Waals surface area contributed by atoms with Crippen molar-refractivity contribution in [2.24, 2.45) is 0 Å². The van der Waals surface area contributed by atoms with Gasteiger partial charge in [0.2, 0.25) is 5.91 Å². The maximum absolute atomic E-state index is 13.8. The molecule has 0 spiro atoms. The molecule has 0 heterocycles. The second kappa shape index (κ2) is 7.79. The Hall–Kier alpha value is -2.60. The third-order valence-electron chi connectivity index (χ3n) is 3.23. The molecule has 5 nitrogen and oxygen atoms in total. The summed E-state index contributed by atoms with van der Waals surface area (Å²) in [5.74, 6) is -1.16. The third kappa shape index (κ3) is 4.23. The molecule has 0 aliphatic carbocycles. The van der Waals surface area contributed by atoms with E-state index in [1.165, 1.54) is 25.3 Å². The van der Waals surface area contributed by atoms with Gasteiger partial charge in [-0.25, -0.2) is 4.39 Å². The smallest absolute Gasteiger partial charge is 0.258 e. The van der Waals surface area contributed by atoms with Crippen LogP contribution in [0.5, 0.6) is 5.75 Å². The lowest BCUT2D eigenvalue weighted by Gasteiger charge is -2.13. The fourth-order valence-electron chi connectivity index (χ4n) is 2.00. The number of halogens is 2. The van der Waals surface area contributed by atoms with Gasteiger partial charge in [0.25, 0.3) is 5.91 Å². The van der Waals surface area contributed by atoms with Crippen LogP contribution < -0.4 is 15.4 Å². The van der Waals surface area contributed by atoms with Crippen molar-refractivity contribution in [3.05, 3.63) is 52.8 Å². The van der Waals surface area contributed by atoms with Crippen LogP contribution in [-0.4, -0.2) is 18.9 Å². The van der Waals surface area contributed by atoms with E-state index in [0.29, 0.717) is 23.5 Å². The Morgan fingerprint density at radius 3 is 2.54 bits per heavy atom. The number of anilines is 2. The molecule has 0 aliphatic heterocycles. The Labute approximate surface area is 143 Å². The molecule has 2 aromatic rings. The van der Waals surface area contributed by atoms with Crippen molar-refractivity contribution in [3.8, 4) is 5.75 Å². The lowest BCUT2D eigenvalue weighted by atomic mass is 10.2. The molecule has 0 radical (unpaired) electrons. The number of rotatable bonds is 5. The van der Waals surface area contributed by atoms with Crippen LogP contribution in [0.3, 0.4) is 0 Å². The van der Waals surface area contributed by atoms with Gasteiger partial charge in [0.15, 0.2) is 0 Å². The summed E-state index contributed by atoms with van der Waals surface area (Å²) < 4.78 is 19.0. The van der Waals surface area contributed by atoms with Crippen LogP contribution in [0.4, 0.5) is 15.8 Å². The van der Waals surface area contributed by atoms with E-state index in [1.807, 2.05) is 0 Å². The van der Waals surface area contributed by atoms with Gasteiger partial charge in [-0.05, 0) is 36.4 Å². The van der Waals surface area contributed by atoms with Crippen molar-refractivity contribution in [2.75, 3.05) is 17.7 Å². The van der Waals surface area contributed by atoms with Crippen LogP contribution in [0.15, 0.2) is 36.4 Å². The molecule has 24 heavy (non-hydrogen) atoms. The molecule has 0 fully saturated rings. The molecule has 2 aromatic carbocycles. The number of hydrogen-bond acceptors (Lipinski definition) is 3. The van der Waals surface area contributed by atoms with Gasteiger partial charge in [0, 0.05) is 17.1 Å². The molecule has 0 atom stereocenters. The third-order valence-corrected chi connectivity index (χ3v) is 3.46. The largest absolute Gasteiger partial charge is 0.495 e. The van der Waals surface area contributed by atoms with Crippen LogP contribution >= 0.6 is 11.6 Å². The molecule has 2 rings (SSSR count). The Kier molecular flexibility index (Phi) is 5.76. The number of amides is 2. The average molecular weight is 351 g/mol. The van der Waals surface area contributed by atoms with E-state index >= 15 is 0 Å². The molecular weight excluding hydrogens is 335 g/mol. The van der Waals surface area contributed by atoms with Gasteiger partial charge in [-0.15, -0.1) is 0 Å². The Bertz CT molecular complexity index is 780. The van der Waals surface area contributed by atoms with Crippen molar-refractivity contribution in [3.63, 3.8) is 0 Å². The minimum Gasteiger partial charge on any atom is -0.495 e. The second-order valence-electron chi connectivity index (χ2n) is 4.90. The lowest BCUT2D eigenvalue weighted by Crippen LogP contribution is -2.15. The lowest BCUT2D eigenvalue weighted by molar-refractivity contribution is -0.115. The zero-order valence-corrected chi connectivity index (χ0v) is 13.9. The number of benzene rings is 2. The minimum absolute atomic E-state index is 0.149. The highest BCUT2D eigenvalue weighted by molar-refractivity contribution is 6.30. The predicted octanol–water partition coefficient (Wildman–Crippen LogP) is 4.09. The molecule has 2 amide bonds. The highest BCUT2D eigenvalue weighted by Crippen LogP contribution is 2.29. The highest BCUT2D eigenvalue weighted by Gasteiger charge is 2.15. The summed E-state index contributed by atoms with van der Waals surface area (Å²) >= 11 is 5.68. The number of nitrogens with one attached hydrogen (secondary N) is 2. The van der Waals surface area contributed by atoms with Gasteiger partial charge in [-0.1, -0.05) is 18.5 Å². The summed E-state index contributed by atoms with van der Waals surface area (Å²) in [6, 6.07) is 8.56. The zero-order valence-electron chi connectivity index (χ0n) is 13.2. The van der Waals surface area contributed by atoms with Gasteiger partial charge in [-0.3, -0.25) is 9.59 Å². The van der Waals surface area contributed by atoms with Crippen LogP contribution in [0.1, 0.15) is 23.7 Å². The fourth-order valence-corrected chi connectivity index (χ4v) is 2.15. The van der Waals surface area contributed by atoms with E-state index in [9.17, 15) is 14.0 Å². The standard InChI is InChI=1S/C17H16ClFN2O3/c1-3-16(22)20-11-5-7-15(24-2)14(9-11)21-17(23)12-6-4-10(18)8-13(12)19/h4-9H,3H2,1-2H3,(H,20,22)(H,21,23). The van der Waals surface area contributed by atoms with E-state index in [4.69, 9.17) is 16.3 Å². The maximum atomic E-state index is 13.8. The molecule has 7 heteroatoms. The molecule has 0 saturated carbocycles. The molecular formula is C17H16ClFN2O3. The first kappa shape index (κ1) is 17.7. The molecule has 0 unspecified atom stereocenters. The van der Waals surface area contributed by atoms with Crippen molar-refractivity contribution in [1.29, 1.82) is 0 Å². The molecule has 0 saturated heterocycles. The van der Waals surface area contributed by atoms with Crippen LogP contribution in [0.25, 0.3) is 0 Å². The first-order chi connectivity index (χ1) is 11.4. The minimum atomic E-state index is -0.727. The van der Waals surface area contributed by atoms with E-state index < -0.39 is 11.7 Å². The molecule has 0 aromatic heterocycles. The Morgan fingerprint density at radius 2 is 1.92 bits per heavy atom. The first-order valence-corrected chi connectivity index (χ1v) is 7.56. The Balaban J connectivity index is 2.28. The van der Waals surface area contributed by atoms with Crippen molar-refractivity contribution in [1.82, 2.24) is 0 Å². The average Bonchev–Trinajstić information content (AvgIpc) is 2.54. The van der Waals surface area contributed by atoms with E-state index in [2.05, 4.69) is 10.6 Å². The highest BCUT2D eigenvalue weighted by atomic mass is 35.5. The molecule has 0 bridgehead atoms. The van der Waals surface area contributed by atoms with E-state index in [-0.39, 0.29) is 16.5 Å². The van der Waals surface area contributed by atoms with Crippen molar-refractivity contribution < 1.29 is 18.7 Å². The van der Waals surface area contributed by atoms with E-state index in [1.54, 1.807) is 19.1 Å². The summed E-state index contributed by atoms with van der Waals surface area (Å²) in [7, 11) is 1.44. The van der Waals surface area contributed by atoms with Crippen LogP contribution in [0, 0.1) is 5.82 Å². The summed E-state index contributed by atoms with van der Waals surface area (Å²) in [4.78, 5) is 23.7. The van der Waals surface area contributed by atoms with Crippen LogP contribution in [0.2, 0.25) is 5.02 Å². The predicted molar refractivity (Wildman–Crippen MR) is 91.3 cm³/mol. The molecule has 126 valence electrons. The number of methoxy groups -OCH3 is 1.